The summed E-state index contributed by atoms with van der Waals surface area (Å²) in [5.74, 6) is -0.378. The van der Waals surface area contributed by atoms with Crippen LogP contribution in [0.2, 0.25) is 0 Å². The molecule has 0 bridgehead atoms. The Morgan fingerprint density at radius 1 is 1.56 bits per heavy atom. The van der Waals surface area contributed by atoms with Crippen LogP contribution in [0.15, 0.2) is 24.5 Å². The van der Waals surface area contributed by atoms with E-state index in [2.05, 4.69) is 4.98 Å². The van der Waals surface area contributed by atoms with Gasteiger partial charge in [0.2, 0.25) is 0 Å². The number of nitrogens with two attached hydrogens (primary N) is 1. The Kier molecular flexibility index (Phi) is 4.01. The fraction of sp³-hybridized carbons (Fsp3) is 0.500. The van der Waals surface area contributed by atoms with E-state index in [-0.39, 0.29) is 5.97 Å². The van der Waals surface area contributed by atoms with Crippen molar-refractivity contribution in [2.45, 2.75) is 38.8 Å². The fourth-order valence-corrected chi connectivity index (χ4v) is 1.23. The predicted molar refractivity (Wildman–Crippen MR) is 61.8 cm³/mol. The van der Waals surface area contributed by atoms with E-state index in [0.29, 0.717) is 6.42 Å². The molecule has 4 heteroatoms. The van der Waals surface area contributed by atoms with E-state index in [1.165, 1.54) is 0 Å². The van der Waals surface area contributed by atoms with Gasteiger partial charge in [0.05, 0.1) is 0 Å². The molecule has 2 N–H and O–H groups in total. The first-order chi connectivity index (χ1) is 7.38. The van der Waals surface area contributed by atoms with Gasteiger partial charge in [0.25, 0.3) is 0 Å². The molecule has 0 aliphatic heterocycles. The molecule has 0 aliphatic carbocycles. The van der Waals surface area contributed by atoms with Gasteiger partial charge in [0, 0.05) is 12.4 Å². The number of ether oxygens (including phenoxy) is 1. The van der Waals surface area contributed by atoms with Crippen molar-refractivity contribution in [2.75, 3.05) is 0 Å². The second kappa shape index (κ2) is 5.07. The summed E-state index contributed by atoms with van der Waals surface area (Å²) in [6, 6.07) is 3.07. The number of carbonyl (C=O) groups excluding carboxylic acids is 1. The lowest BCUT2D eigenvalue weighted by Gasteiger charge is -2.22. The second-order valence-corrected chi connectivity index (χ2v) is 4.71. The van der Waals surface area contributed by atoms with Crippen molar-refractivity contribution in [3.05, 3.63) is 30.1 Å². The van der Waals surface area contributed by atoms with Crippen molar-refractivity contribution in [1.29, 1.82) is 0 Å². The molecule has 0 saturated carbocycles. The number of esters is 1. The quantitative estimate of drug-likeness (QED) is 0.783. The number of nitrogens with zero attached hydrogens (tertiary/aromatic N) is 1. The summed E-state index contributed by atoms with van der Waals surface area (Å²) in [5.41, 5.74) is 6.19. The maximum atomic E-state index is 11.6. The van der Waals surface area contributed by atoms with Crippen molar-refractivity contribution < 1.29 is 9.53 Å². The molecule has 0 fully saturated rings. The average molecular weight is 222 g/mol. The lowest BCUT2D eigenvalue weighted by molar-refractivity contribution is -0.156. The maximum Gasteiger partial charge on any atom is 0.323 e. The molecule has 16 heavy (non-hydrogen) atoms. The van der Waals surface area contributed by atoms with Gasteiger partial charge in [0.1, 0.15) is 11.6 Å². The van der Waals surface area contributed by atoms with Crippen LogP contribution in [0.25, 0.3) is 0 Å². The highest BCUT2D eigenvalue weighted by molar-refractivity contribution is 5.76. The number of rotatable bonds is 3. The van der Waals surface area contributed by atoms with Crippen LogP contribution >= 0.6 is 0 Å². The Labute approximate surface area is 95.8 Å². The van der Waals surface area contributed by atoms with Gasteiger partial charge in [-0.25, -0.2) is 0 Å². The number of carbonyl (C=O) groups is 1. The predicted octanol–water partition coefficient (Wildman–Crippen LogP) is 1.29. The molecule has 0 amide bonds. The zero-order chi connectivity index (χ0) is 12.2. The SMILES string of the molecule is CC(C)(C)OC(=O)C(N)Cc1cccnc1. The highest BCUT2D eigenvalue weighted by Crippen LogP contribution is 2.09. The van der Waals surface area contributed by atoms with Crippen molar-refractivity contribution in [1.82, 2.24) is 4.98 Å². The van der Waals surface area contributed by atoms with Gasteiger partial charge in [-0.05, 0) is 38.8 Å². The molecule has 1 atom stereocenters. The van der Waals surface area contributed by atoms with Gasteiger partial charge in [0.15, 0.2) is 0 Å². The number of aromatic nitrogens is 1. The number of pyridine rings is 1. The normalized spacial score (nSPS) is 13.2. The van der Waals surface area contributed by atoms with E-state index >= 15 is 0 Å². The van der Waals surface area contributed by atoms with E-state index in [9.17, 15) is 4.79 Å². The minimum Gasteiger partial charge on any atom is -0.459 e. The third kappa shape index (κ3) is 4.40. The van der Waals surface area contributed by atoms with Gasteiger partial charge in [-0.2, -0.15) is 0 Å². The topological polar surface area (TPSA) is 65.2 Å². The molecule has 1 heterocycles. The Bertz CT molecular complexity index is 344. The van der Waals surface area contributed by atoms with Gasteiger partial charge in [-0.15, -0.1) is 0 Å². The first-order valence-electron chi connectivity index (χ1n) is 5.26. The Morgan fingerprint density at radius 2 is 2.25 bits per heavy atom. The van der Waals surface area contributed by atoms with E-state index in [0.717, 1.165) is 5.56 Å². The molecule has 0 aliphatic rings. The summed E-state index contributed by atoms with van der Waals surface area (Å²) in [4.78, 5) is 15.6. The molecule has 0 saturated heterocycles. The molecule has 0 radical (unpaired) electrons. The van der Waals surface area contributed by atoms with Crippen molar-refractivity contribution >= 4 is 5.97 Å². The smallest absolute Gasteiger partial charge is 0.323 e. The maximum absolute atomic E-state index is 11.6. The molecule has 1 aromatic heterocycles. The zero-order valence-electron chi connectivity index (χ0n) is 9.93. The molecule has 1 aromatic rings. The van der Waals surface area contributed by atoms with E-state index < -0.39 is 11.6 Å². The van der Waals surface area contributed by atoms with Crippen LogP contribution in [0.5, 0.6) is 0 Å². The minimum absolute atomic E-state index is 0.378. The van der Waals surface area contributed by atoms with Crippen LogP contribution in [-0.4, -0.2) is 22.6 Å². The summed E-state index contributed by atoms with van der Waals surface area (Å²) in [7, 11) is 0. The average Bonchev–Trinajstić information content (AvgIpc) is 2.16. The lowest BCUT2D eigenvalue weighted by Crippen LogP contribution is -2.38. The summed E-state index contributed by atoms with van der Waals surface area (Å²) in [6.45, 7) is 5.46. The van der Waals surface area contributed by atoms with Crippen LogP contribution in [0.3, 0.4) is 0 Å². The van der Waals surface area contributed by atoms with Gasteiger partial charge in [-0.1, -0.05) is 6.07 Å². The molecular weight excluding hydrogens is 204 g/mol. The minimum atomic E-state index is -0.636. The summed E-state index contributed by atoms with van der Waals surface area (Å²) >= 11 is 0. The highest BCUT2D eigenvalue weighted by atomic mass is 16.6. The van der Waals surface area contributed by atoms with Crippen LogP contribution in [0.1, 0.15) is 26.3 Å². The Balaban J connectivity index is 2.53. The van der Waals surface area contributed by atoms with Crippen molar-refractivity contribution in [2.24, 2.45) is 5.73 Å². The molecule has 0 aromatic carbocycles. The van der Waals surface area contributed by atoms with E-state index in [1.807, 2.05) is 32.9 Å². The summed E-state index contributed by atoms with van der Waals surface area (Å²) in [6.07, 6.45) is 3.83. The molecule has 88 valence electrons. The summed E-state index contributed by atoms with van der Waals surface area (Å²) in [5, 5.41) is 0. The van der Waals surface area contributed by atoms with Gasteiger partial charge >= 0.3 is 5.97 Å². The van der Waals surface area contributed by atoms with Crippen molar-refractivity contribution in [3.63, 3.8) is 0 Å². The van der Waals surface area contributed by atoms with Crippen LogP contribution in [0, 0.1) is 0 Å². The standard InChI is InChI=1S/C12H18N2O2/c1-12(2,3)16-11(15)10(13)7-9-5-4-6-14-8-9/h4-6,8,10H,7,13H2,1-3H3. The van der Waals surface area contributed by atoms with Crippen LogP contribution in [-0.2, 0) is 16.0 Å². The van der Waals surface area contributed by atoms with Gasteiger partial charge in [-0.3, -0.25) is 9.78 Å². The summed E-state index contributed by atoms with van der Waals surface area (Å²) < 4.78 is 5.19. The largest absolute Gasteiger partial charge is 0.459 e. The lowest BCUT2D eigenvalue weighted by atomic mass is 10.1. The molecule has 1 unspecified atom stereocenters. The first-order valence-corrected chi connectivity index (χ1v) is 5.26. The van der Waals surface area contributed by atoms with Crippen LogP contribution in [0.4, 0.5) is 0 Å². The molecule has 4 nitrogen and oxygen atoms in total. The Morgan fingerprint density at radius 3 is 2.75 bits per heavy atom. The zero-order valence-corrected chi connectivity index (χ0v) is 9.93. The van der Waals surface area contributed by atoms with Crippen molar-refractivity contribution in [3.8, 4) is 0 Å². The Hall–Kier alpha value is -1.42. The van der Waals surface area contributed by atoms with E-state index in [1.54, 1.807) is 12.4 Å². The third-order valence-corrected chi connectivity index (χ3v) is 1.89. The first kappa shape index (κ1) is 12.6. The number of hydrogen-bond donors (Lipinski definition) is 1. The second-order valence-electron chi connectivity index (χ2n) is 4.71. The molecular formula is C12H18N2O2. The van der Waals surface area contributed by atoms with Gasteiger partial charge < -0.3 is 10.5 Å². The monoisotopic (exact) mass is 222 g/mol. The number of hydrogen-bond acceptors (Lipinski definition) is 4. The molecule has 1 rings (SSSR count). The molecule has 0 spiro atoms. The van der Waals surface area contributed by atoms with E-state index in [4.69, 9.17) is 10.5 Å². The highest BCUT2D eigenvalue weighted by Gasteiger charge is 2.22. The fourth-order valence-electron chi connectivity index (χ4n) is 1.23. The third-order valence-electron chi connectivity index (χ3n) is 1.89. The van der Waals surface area contributed by atoms with Crippen LogP contribution < -0.4 is 5.73 Å².